The lowest BCUT2D eigenvalue weighted by Crippen LogP contribution is -2.04. The molecule has 2 heterocycles. The van der Waals surface area contributed by atoms with E-state index >= 15 is 0 Å². The van der Waals surface area contributed by atoms with Crippen molar-refractivity contribution in [3.05, 3.63) is 22.3 Å². The van der Waals surface area contributed by atoms with Gasteiger partial charge in [-0.2, -0.15) is 0 Å². The molecule has 0 aliphatic rings. The first-order valence-corrected chi connectivity index (χ1v) is 6.51. The summed E-state index contributed by atoms with van der Waals surface area (Å²) in [6, 6.07) is 0. The minimum atomic E-state index is 0.710. The number of hydrogen-bond acceptors (Lipinski definition) is 5. The van der Waals surface area contributed by atoms with Crippen LogP contribution in [0.15, 0.2) is 5.38 Å². The van der Waals surface area contributed by atoms with Crippen LogP contribution in [0.4, 0.5) is 5.82 Å². The molecule has 90 valence electrons. The highest BCUT2D eigenvalue weighted by atomic mass is 32.1. The van der Waals surface area contributed by atoms with E-state index in [1.807, 2.05) is 26.3 Å². The highest BCUT2D eigenvalue weighted by Crippen LogP contribution is 2.24. The quantitative estimate of drug-likeness (QED) is 0.907. The Morgan fingerprint density at radius 1 is 1.24 bits per heavy atom. The predicted molar refractivity (Wildman–Crippen MR) is 71.5 cm³/mol. The SMILES string of the molecule is CCc1c(C)nc(-c2nc(C)cs2)nc1NC. The van der Waals surface area contributed by atoms with Crippen molar-refractivity contribution in [3.63, 3.8) is 0 Å². The van der Waals surface area contributed by atoms with Gasteiger partial charge in [0.05, 0.1) is 0 Å². The van der Waals surface area contributed by atoms with Crippen LogP contribution in [0.3, 0.4) is 0 Å². The third-order valence-corrected chi connectivity index (χ3v) is 3.57. The predicted octanol–water partition coefficient (Wildman–Crippen LogP) is 2.82. The van der Waals surface area contributed by atoms with Crippen LogP contribution in [0.25, 0.3) is 10.8 Å². The first kappa shape index (κ1) is 12.0. The van der Waals surface area contributed by atoms with E-state index in [9.17, 15) is 0 Å². The second-order valence-corrected chi connectivity index (χ2v) is 4.72. The highest BCUT2D eigenvalue weighted by Gasteiger charge is 2.12. The first-order valence-electron chi connectivity index (χ1n) is 5.63. The normalized spacial score (nSPS) is 10.6. The summed E-state index contributed by atoms with van der Waals surface area (Å²) in [5.41, 5.74) is 3.20. The van der Waals surface area contributed by atoms with Gasteiger partial charge in [-0.15, -0.1) is 11.3 Å². The zero-order valence-electron chi connectivity index (χ0n) is 10.5. The topological polar surface area (TPSA) is 50.7 Å². The molecule has 0 fully saturated rings. The lowest BCUT2D eigenvalue weighted by atomic mass is 10.1. The Kier molecular flexibility index (Phi) is 3.38. The first-order chi connectivity index (χ1) is 8.15. The van der Waals surface area contributed by atoms with Gasteiger partial charge in [-0.3, -0.25) is 0 Å². The number of thiazole rings is 1. The van der Waals surface area contributed by atoms with Gasteiger partial charge in [0.1, 0.15) is 5.82 Å². The number of aryl methyl sites for hydroxylation is 2. The summed E-state index contributed by atoms with van der Waals surface area (Å²) in [6.07, 6.45) is 0.930. The Balaban J connectivity index is 2.53. The van der Waals surface area contributed by atoms with Gasteiger partial charge in [0, 0.05) is 29.4 Å². The molecule has 0 aliphatic heterocycles. The van der Waals surface area contributed by atoms with Crippen molar-refractivity contribution in [2.24, 2.45) is 0 Å². The zero-order valence-corrected chi connectivity index (χ0v) is 11.4. The van der Waals surface area contributed by atoms with Crippen LogP contribution < -0.4 is 5.32 Å². The summed E-state index contributed by atoms with van der Waals surface area (Å²) in [6.45, 7) is 6.11. The number of aromatic nitrogens is 3. The van der Waals surface area contributed by atoms with Crippen LogP contribution in [-0.4, -0.2) is 22.0 Å². The van der Waals surface area contributed by atoms with Gasteiger partial charge in [0.2, 0.25) is 0 Å². The van der Waals surface area contributed by atoms with Crippen LogP contribution in [0.5, 0.6) is 0 Å². The fraction of sp³-hybridized carbons (Fsp3) is 0.417. The molecule has 5 heteroatoms. The van der Waals surface area contributed by atoms with E-state index in [2.05, 4.69) is 27.2 Å². The molecule has 0 unspecified atom stereocenters. The van der Waals surface area contributed by atoms with Crippen LogP contribution in [0.2, 0.25) is 0 Å². The molecule has 0 radical (unpaired) electrons. The number of hydrogen-bond donors (Lipinski definition) is 1. The van der Waals surface area contributed by atoms with Gasteiger partial charge >= 0.3 is 0 Å². The molecular formula is C12H16N4S. The molecule has 0 saturated heterocycles. The summed E-state index contributed by atoms with van der Waals surface area (Å²) in [5, 5.41) is 6.02. The largest absolute Gasteiger partial charge is 0.373 e. The molecule has 0 bridgehead atoms. The number of nitrogens with zero attached hydrogens (tertiary/aromatic N) is 3. The van der Waals surface area contributed by atoms with Gasteiger partial charge in [0.25, 0.3) is 0 Å². The van der Waals surface area contributed by atoms with Crippen LogP contribution in [-0.2, 0) is 6.42 Å². The van der Waals surface area contributed by atoms with E-state index < -0.39 is 0 Å². The van der Waals surface area contributed by atoms with Crippen molar-refractivity contribution < 1.29 is 0 Å². The maximum Gasteiger partial charge on any atom is 0.190 e. The third kappa shape index (κ3) is 2.29. The molecule has 0 aromatic carbocycles. The monoisotopic (exact) mass is 248 g/mol. The maximum absolute atomic E-state index is 4.53. The summed E-state index contributed by atoms with van der Waals surface area (Å²) in [4.78, 5) is 13.5. The van der Waals surface area contributed by atoms with Gasteiger partial charge in [-0.1, -0.05) is 6.92 Å². The molecule has 0 spiro atoms. The van der Waals surface area contributed by atoms with E-state index in [1.165, 1.54) is 5.56 Å². The van der Waals surface area contributed by atoms with Crippen molar-refractivity contribution in [1.29, 1.82) is 0 Å². The standard InChI is InChI=1S/C12H16N4S/c1-5-9-8(3)15-11(16-10(9)13-4)12-14-7(2)6-17-12/h6H,5H2,1-4H3,(H,13,15,16). The summed E-state index contributed by atoms with van der Waals surface area (Å²) in [5.74, 6) is 1.62. The van der Waals surface area contributed by atoms with E-state index in [0.717, 1.165) is 28.6 Å². The van der Waals surface area contributed by atoms with Crippen LogP contribution in [0, 0.1) is 13.8 Å². The summed E-state index contributed by atoms with van der Waals surface area (Å²) < 4.78 is 0. The minimum Gasteiger partial charge on any atom is -0.373 e. The van der Waals surface area contributed by atoms with E-state index in [1.54, 1.807) is 11.3 Å². The van der Waals surface area contributed by atoms with Crippen LogP contribution >= 0.6 is 11.3 Å². The molecule has 1 N–H and O–H groups in total. The van der Waals surface area contributed by atoms with Crippen LogP contribution in [0.1, 0.15) is 23.9 Å². The van der Waals surface area contributed by atoms with E-state index in [0.29, 0.717) is 5.82 Å². The fourth-order valence-corrected chi connectivity index (χ4v) is 2.51. The van der Waals surface area contributed by atoms with E-state index in [4.69, 9.17) is 0 Å². The van der Waals surface area contributed by atoms with Crippen molar-refractivity contribution in [3.8, 4) is 10.8 Å². The van der Waals surface area contributed by atoms with Gasteiger partial charge in [-0.25, -0.2) is 15.0 Å². The highest BCUT2D eigenvalue weighted by molar-refractivity contribution is 7.13. The molecule has 4 nitrogen and oxygen atoms in total. The molecule has 2 aromatic heterocycles. The summed E-state index contributed by atoms with van der Waals surface area (Å²) >= 11 is 1.58. The van der Waals surface area contributed by atoms with E-state index in [-0.39, 0.29) is 0 Å². The number of nitrogens with one attached hydrogen (secondary N) is 1. The third-order valence-electron chi connectivity index (χ3n) is 2.61. The molecule has 0 atom stereocenters. The Morgan fingerprint density at radius 3 is 2.53 bits per heavy atom. The molecule has 0 saturated carbocycles. The second-order valence-electron chi connectivity index (χ2n) is 3.86. The van der Waals surface area contributed by atoms with Gasteiger partial charge in [0.15, 0.2) is 10.8 Å². The summed E-state index contributed by atoms with van der Waals surface area (Å²) in [7, 11) is 1.89. The van der Waals surface area contributed by atoms with Crippen molar-refractivity contribution in [1.82, 2.24) is 15.0 Å². The number of rotatable bonds is 3. The zero-order chi connectivity index (χ0) is 12.4. The molecule has 0 aliphatic carbocycles. The van der Waals surface area contributed by atoms with Gasteiger partial charge in [-0.05, 0) is 20.3 Å². The molecule has 17 heavy (non-hydrogen) atoms. The molecule has 2 rings (SSSR count). The maximum atomic E-state index is 4.53. The Labute approximate surface area is 105 Å². The van der Waals surface area contributed by atoms with Crippen molar-refractivity contribution in [2.75, 3.05) is 12.4 Å². The Bertz CT molecular complexity index is 533. The van der Waals surface area contributed by atoms with Crippen molar-refractivity contribution >= 4 is 17.2 Å². The molecule has 0 amide bonds. The molecule has 2 aromatic rings. The van der Waals surface area contributed by atoms with Crippen molar-refractivity contribution in [2.45, 2.75) is 27.2 Å². The Hall–Kier alpha value is -1.49. The second kappa shape index (κ2) is 4.79. The average molecular weight is 248 g/mol. The van der Waals surface area contributed by atoms with Gasteiger partial charge < -0.3 is 5.32 Å². The number of anilines is 1. The Morgan fingerprint density at radius 2 is 2.00 bits per heavy atom. The minimum absolute atomic E-state index is 0.710. The average Bonchev–Trinajstić information content (AvgIpc) is 2.74. The molecular weight excluding hydrogens is 232 g/mol. The lowest BCUT2D eigenvalue weighted by Gasteiger charge is -2.10. The fourth-order valence-electron chi connectivity index (χ4n) is 1.78. The lowest BCUT2D eigenvalue weighted by molar-refractivity contribution is 0.999. The smallest absolute Gasteiger partial charge is 0.190 e.